The van der Waals surface area contributed by atoms with E-state index in [1.807, 2.05) is 72.6 Å². The number of carbonyl (C=O) groups is 2. The molecule has 0 heterocycles. The molecule has 142 valence electrons. The van der Waals surface area contributed by atoms with Gasteiger partial charge >= 0.3 is 0 Å². The molecule has 0 bridgehead atoms. The number of carbonyl (C=O) groups excluding carboxylic acids is 2. The lowest BCUT2D eigenvalue weighted by Gasteiger charge is -2.17. The van der Waals surface area contributed by atoms with Gasteiger partial charge < -0.3 is 10.6 Å². The van der Waals surface area contributed by atoms with Crippen molar-refractivity contribution in [3.8, 4) is 0 Å². The van der Waals surface area contributed by atoms with Crippen LogP contribution in [0.5, 0.6) is 0 Å². The average molecular weight is 373 g/mol. The van der Waals surface area contributed by atoms with Crippen LogP contribution < -0.4 is 10.6 Å². The van der Waals surface area contributed by atoms with Gasteiger partial charge in [0.1, 0.15) is 0 Å². The van der Waals surface area contributed by atoms with Crippen molar-refractivity contribution in [3.05, 3.63) is 96.1 Å². The van der Waals surface area contributed by atoms with Crippen molar-refractivity contribution in [1.29, 1.82) is 0 Å². The Hall–Kier alpha value is -3.44. The van der Waals surface area contributed by atoms with Crippen LogP contribution in [0.15, 0.2) is 84.9 Å². The second-order valence-corrected chi connectivity index (χ2v) is 6.57. The number of nitrogens with zero attached hydrogens (tertiary/aromatic N) is 1. The zero-order valence-corrected chi connectivity index (χ0v) is 15.8. The van der Waals surface area contributed by atoms with Crippen LogP contribution in [0.2, 0.25) is 0 Å². The molecule has 3 rings (SSSR count). The van der Waals surface area contributed by atoms with Crippen LogP contribution in [-0.4, -0.2) is 30.3 Å². The van der Waals surface area contributed by atoms with Crippen molar-refractivity contribution in [2.45, 2.75) is 6.54 Å². The highest BCUT2D eigenvalue weighted by molar-refractivity contribution is 6.10. The summed E-state index contributed by atoms with van der Waals surface area (Å²) in [7, 11) is 1.89. The van der Waals surface area contributed by atoms with Crippen LogP contribution in [0.4, 0.5) is 11.4 Å². The zero-order valence-electron chi connectivity index (χ0n) is 15.8. The van der Waals surface area contributed by atoms with Gasteiger partial charge in [0.15, 0.2) is 0 Å². The summed E-state index contributed by atoms with van der Waals surface area (Å²) in [5.74, 6) is -0.432. The molecule has 3 aromatic rings. The second-order valence-electron chi connectivity index (χ2n) is 6.57. The molecule has 2 amide bonds. The van der Waals surface area contributed by atoms with Gasteiger partial charge in [0.25, 0.3) is 5.91 Å². The summed E-state index contributed by atoms with van der Waals surface area (Å²) in [6.45, 7) is 0.897. The highest BCUT2D eigenvalue weighted by Crippen LogP contribution is 2.17. The van der Waals surface area contributed by atoms with E-state index in [1.54, 1.807) is 24.3 Å². The Kier molecular flexibility index (Phi) is 6.54. The standard InChI is InChI=1S/C23H23N3O2/c1-26(16-18-10-4-2-5-11-18)17-22(27)25-21-15-9-8-14-20(21)23(28)24-19-12-6-3-7-13-19/h2-15H,16-17H2,1H3,(H,24,28)(H,25,27). The van der Waals surface area contributed by atoms with Gasteiger partial charge in [-0.1, -0.05) is 60.7 Å². The summed E-state index contributed by atoms with van der Waals surface area (Å²) >= 11 is 0. The van der Waals surface area contributed by atoms with Crippen molar-refractivity contribution in [2.75, 3.05) is 24.2 Å². The van der Waals surface area contributed by atoms with Gasteiger partial charge in [-0.25, -0.2) is 0 Å². The van der Waals surface area contributed by atoms with Gasteiger partial charge in [-0.15, -0.1) is 0 Å². The first kappa shape index (κ1) is 19.3. The maximum atomic E-state index is 12.6. The van der Waals surface area contributed by atoms with E-state index in [-0.39, 0.29) is 18.4 Å². The molecule has 2 N–H and O–H groups in total. The second kappa shape index (κ2) is 9.48. The van der Waals surface area contributed by atoms with Crippen molar-refractivity contribution in [2.24, 2.45) is 0 Å². The average Bonchev–Trinajstić information content (AvgIpc) is 2.69. The van der Waals surface area contributed by atoms with Gasteiger partial charge in [0.2, 0.25) is 5.91 Å². The molecule has 0 fully saturated rings. The van der Waals surface area contributed by atoms with Crippen LogP contribution in [0.25, 0.3) is 0 Å². The molecule has 0 radical (unpaired) electrons. The summed E-state index contributed by atoms with van der Waals surface area (Å²) in [6, 6.07) is 26.2. The highest BCUT2D eigenvalue weighted by atomic mass is 16.2. The molecule has 0 aliphatic rings. The normalized spacial score (nSPS) is 10.5. The number of rotatable bonds is 7. The Morgan fingerprint density at radius 3 is 2.11 bits per heavy atom. The van der Waals surface area contributed by atoms with Gasteiger partial charge in [0.05, 0.1) is 17.8 Å². The maximum Gasteiger partial charge on any atom is 0.257 e. The largest absolute Gasteiger partial charge is 0.324 e. The Bertz CT molecular complexity index is 927. The number of para-hydroxylation sites is 2. The molecule has 0 aliphatic carbocycles. The van der Waals surface area contributed by atoms with E-state index >= 15 is 0 Å². The molecule has 0 aromatic heterocycles. The van der Waals surface area contributed by atoms with Crippen LogP contribution in [0.3, 0.4) is 0 Å². The number of nitrogens with one attached hydrogen (secondary N) is 2. The molecule has 0 atom stereocenters. The monoisotopic (exact) mass is 373 g/mol. The van der Waals surface area contributed by atoms with Crippen LogP contribution in [0, 0.1) is 0 Å². The van der Waals surface area contributed by atoms with Crippen molar-refractivity contribution in [1.82, 2.24) is 4.90 Å². The fourth-order valence-electron chi connectivity index (χ4n) is 2.90. The SMILES string of the molecule is CN(CC(=O)Nc1ccccc1C(=O)Nc1ccccc1)Cc1ccccc1. The number of likely N-dealkylation sites (N-methyl/N-ethyl adjacent to an activating group) is 1. The predicted molar refractivity (Wildman–Crippen MR) is 112 cm³/mol. The molecule has 0 aliphatic heterocycles. The van der Waals surface area contributed by atoms with E-state index in [0.29, 0.717) is 23.5 Å². The molecular weight excluding hydrogens is 350 g/mol. The van der Waals surface area contributed by atoms with Crippen molar-refractivity contribution in [3.63, 3.8) is 0 Å². The first-order chi connectivity index (χ1) is 13.6. The van der Waals surface area contributed by atoms with Crippen LogP contribution in [0.1, 0.15) is 15.9 Å². The van der Waals surface area contributed by atoms with Crippen molar-refractivity contribution < 1.29 is 9.59 Å². The van der Waals surface area contributed by atoms with Gasteiger partial charge in [-0.2, -0.15) is 0 Å². The number of anilines is 2. The van der Waals surface area contributed by atoms with E-state index in [4.69, 9.17) is 0 Å². The smallest absolute Gasteiger partial charge is 0.257 e. The lowest BCUT2D eigenvalue weighted by Crippen LogP contribution is -2.30. The van der Waals surface area contributed by atoms with Crippen molar-refractivity contribution >= 4 is 23.2 Å². The van der Waals surface area contributed by atoms with Gasteiger partial charge in [-0.05, 0) is 36.9 Å². The molecular formula is C23H23N3O2. The first-order valence-corrected chi connectivity index (χ1v) is 9.09. The quantitative estimate of drug-likeness (QED) is 0.658. The summed E-state index contributed by atoms with van der Waals surface area (Å²) in [5, 5.41) is 5.70. The number of amides is 2. The number of hydrogen-bond acceptors (Lipinski definition) is 3. The molecule has 5 nitrogen and oxygen atoms in total. The molecule has 3 aromatic carbocycles. The van der Waals surface area contributed by atoms with Gasteiger partial charge in [0, 0.05) is 12.2 Å². The summed E-state index contributed by atoms with van der Waals surface area (Å²) in [6.07, 6.45) is 0. The third kappa shape index (κ3) is 5.53. The molecule has 0 spiro atoms. The van der Waals surface area contributed by atoms with E-state index < -0.39 is 0 Å². The predicted octanol–water partition coefficient (Wildman–Crippen LogP) is 4.01. The third-order valence-corrected chi connectivity index (χ3v) is 4.19. The Labute approximate surface area is 165 Å². The minimum Gasteiger partial charge on any atom is -0.324 e. The zero-order chi connectivity index (χ0) is 19.8. The molecule has 0 saturated heterocycles. The lowest BCUT2D eigenvalue weighted by molar-refractivity contribution is -0.117. The third-order valence-electron chi connectivity index (χ3n) is 4.19. The highest BCUT2D eigenvalue weighted by Gasteiger charge is 2.14. The van der Waals surface area contributed by atoms with Crippen LogP contribution in [-0.2, 0) is 11.3 Å². The van der Waals surface area contributed by atoms with E-state index in [1.165, 1.54) is 0 Å². The lowest BCUT2D eigenvalue weighted by atomic mass is 10.1. The molecule has 0 unspecified atom stereocenters. The topological polar surface area (TPSA) is 61.4 Å². The molecule has 28 heavy (non-hydrogen) atoms. The van der Waals surface area contributed by atoms with E-state index in [9.17, 15) is 9.59 Å². The Balaban J connectivity index is 1.62. The van der Waals surface area contributed by atoms with E-state index in [2.05, 4.69) is 10.6 Å². The summed E-state index contributed by atoms with van der Waals surface area (Å²) < 4.78 is 0. The fourth-order valence-corrected chi connectivity index (χ4v) is 2.90. The maximum absolute atomic E-state index is 12.6. The van der Waals surface area contributed by atoms with E-state index in [0.717, 1.165) is 5.56 Å². The number of hydrogen-bond donors (Lipinski definition) is 2. The Morgan fingerprint density at radius 1 is 0.786 bits per heavy atom. The molecule has 5 heteroatoms. The first-order valence-electron chi connectivity index (χ1n) is 9.09. The van der Waals surface area contributed by atoms with Crippen LogP contribution >= 0.6 is 0 Å². The minimum absolute atomic E-state index is 0.168. The van der Waals surface area contributed by atoms with Gasteiger partial charge in [-0.3, -0.25) is 14.5 Å². The number of benzene rings is 3. The molecule has 0 saturated carbocycles. The summed E-state index contributed by atoms with van der Waals surface area (Å²) in [5.41, 5.74) is 2.76. The summed E-state index contributed by atoms with van der Waals surface area (Å²) in [4.78, 5) is 27.0. The fraction of sp³-hybridized carbons (Fsp3) is 0.130. The Morgan fingerprint density at radius 2 is 1.39 bits per heavy atom. The minimum atomic E-state index is -0.264.